The summed E-state index contributed by atoms with van der Waals surface area (Å²) in [6.45, 7) is 5.12. The van der Waals surface area contributed by atoms with Crippen LogP contribution in [0.4, 0.5) is 5.82 Å². The highest BCUT2D eigenvalue weighted by atomic mass is 32.2. The van der Waals surface area contributed by atoms with Gasteiger partial charge >= 0.3 is 0 Å². The van der Waals surface area contributed by atoms with Gasteiger partial charge in [0.15, 0.2) is 16.7 Å². The molecule has 0 bridgehead atoms. The van der Waals surface area contributed by atoms with Gasteiger partial charge in [-0.1, -0.05) is 37.7 Å². The fraction of sp³-hybridized carbons (Fsp3) is 0.263. The Bertz CT molecular complexity index is 1060. The Balaban J connectivity index is 1.61. The molecule has 0 spiro atoms. The number of rotatable bonds is 6. The third kappa shape index (κ3) is 3.66. The summed E-state index contributed by atoms with van der Waals surface area (Å²) < 4.78 is 7.59. The molecule has 0 aliphatic carbocycles. The van der Waals surface area contributed by atoms with E-state index in [2.05, 4.69) is 38.6 Å². The lowest BCUT2D eigenvalue weighted by atomic mass is 10.2. The van der Waals surface area contributed by atoms with Crippen molar-refractivity contribution in [2.45, 2.75) is 31.3 Å². The largest absolute Gasteiger partial charge is 0.461 e. The zero-order valence-electron chi connectivity index (χ0n) is 15.2. The summed E-state index contributed by atoms with van der Waals surface area (Å²) >= 11 is 1.54. The number of anilines is 1. The van der Waals surface area contributed by atoms with Gasteiger partial charge in [0.1, 0.15) is 11.6 Å². The SMILES string of the molecule is CC(C)Cn1c(SCc2nc(N)c3ccccc3n2)nnc1-c1ccco1. The van der Waals surface area contributed by atoms with E-state index in [1.807, 2.05) is 36.4 Å². The number of para-hydroxylation sites is 1. The van der Waals surface area contributed by atoms with Gasteiger partial charge in [0.05, 0.1) is 17.5 Å². The van der Waals surface area contributed by atoms with Crippen molar-refractivity contribution in [3.63, 3.8) is 0 Å². The first-order valence-electron chi connectivity index (χ1n) is 8.73. The van der Waals surface area contributed by atoms with Crippen molar-refractivity contribution >= 4 is 28.5 Å². The molecule has 0 saturated carbocycles. The molecule has 1 aromatic carbocycles. The number of nitrogen functional groups attached to an aromatic ring is 1. The van der Waals surface area contributed by atoms with Crippen molar-refractivity contribution in [3.8, 4) is 11.6 Å². The summed E-state index contributed by atoms with van der Waals surface area (Å²) in [6, 6.07) is 11.5. The van der Waals surface area contributed by atoms with Crippen molar-refractivity contribution in [3.05, 3.63) is 48.5 Å². The Labute approximate surface area is 161 Å². The second-order valence-electron chi connectivity index (χ2n) is 6.62. The number of furan rings is 1. The maximum absolute atomic E-state index is 6.08. The molecule has 7 nitrogen and oxygen atoms in total. The molecule has 0 aliphatic rings. The standard InChI is InChI=1S/C19H20N6OS/c1-12(2)10-25-18(15-8-5-9-26-15)23-24-19(25)27-11-16-21-14-7-4-3-6-13(14)17(20)22-16/h3-9,12H,10-11H2,1-2H3,(H2,20,21,22). The highest BCUT2D eigenvalue weighted by Gasteiger charge is 2.18. The smallest absolute Gasteiger partial charge is 0.200 e. The predicted molar refractivity (Wildman–Crippen MR) is 106 cm³/mol. The van der Waals surface area contributed by atoms with Crippen molar-refractivity contribution in [2.75, 3.05) is 5.73 Å². The van der Waals surface area contributed by atoms with E-state index in [1.54, 1.807) is 18.0 Å². The molecule has 0 unspecified atom stereocenters. The lowest BCUT2D eigenvalue weighted by Gasteiger charge is -2.11. The van der Waals surface area contributed by atoms with Crippen LogP contribution in [-0.4, -0.2) is 24.7 Å². The average molecular weight is 380 g/mol. The number of aromatic nitrogens is 5. The van der Waals surface area contributed by atoms with Crippen LogP contribution >= 0.6 is 11.8 Å². The third-order valence-electron chi connectivity index (χ3n) is 4.02. The number of nitrogens with two attached hydrogens (primary N) is 1. The Kier molecular flexibility index (Phi) is 4.81. The zero-order valence-corrected chi connectivity index (χ0v) is 16.0. The summed E-state index contributed by atoms with van der Waals surface area (Å²) in [4.78, 5) is 9.04. The fourth-order valence-corrected chi connectivity index (χ4v) is 3.66. The van der Waals surface area contributed by atoms with Crippen molar-refractivity contribution < 1.29 is 4.42 Å². The molecule has 0 radical (unpaired) electrons. The van der Waals surface area contributed by atoms with E-state index in [0.29, 0.717) is 29.1 Å². The lowest BCUT2D eigenvalue weighted by molar-refractivity contribution is 0.489. The van der Waals surface area contributed by atoms with E-state index in [-0.39, 0.29) is 0 Å². The maximum atomic E-state index is 6.08. The summed E-state index contributed by atoms with van der Waals surface area (Å²) in [6.07, 6.45) is 1.64. The van der Waals surface area contributed by atoms with Gasteiger partial charge in [-0.2, -0.15) is 0 Å². The van der Waals surface area contributed by atoms with Gasteiger partial charge < -0.3 is 10.2 Å². The van der Waals surface area contributed by atoms with Crippen LogP contribution in [0.25, 0.3) is 22.5 Å². The molecule has 3 aromatic heterocycles. The number of benzene rings is 1. The Hall–Kier alpha value is -2.87. The Morgan fingerprint density at radius 1 is 1.11 bits per heavy atom. The van der Waals surface area contributed by atoms with Crippen LogP contribution in [0.2, 0.25) is 0 Å². The molecule has 2 N–H and O–H groups in total. The van der Waals surface area contributed by atoms with Crippen LogP contribution in [0.5, 0.6) is 0 Å². The number of fused-ring (bicyclic) bond motifs is 1. The molecular weight excluding hydrogens is 360 g/mol. The minimum Gasteiger partial charge on any atom is -0.461 e. The van der Waals surface area contributed by atoms with E-state index in [1.165, 1.54) is 0 Å². The number of hydrogen-bond acceptors (Lipinski definition) is 7. The minimum atomic E-state index is 0.446. The van der Waals surface area contributed by atoms with Crippen molar-refractivity contribution in [1.29, 1.82) is 0 Å². The second kappa shape index (κ2) is 7.40. The van der Waals surface area contributed by atoms with Gasteiger partial charge in [0.25, 0.3) is 0 Å². The predicted octanol–water partition coefficient (Wildman–Crippen LogP) is 4.01. The Morgan fingerprint density at radius 3 is 2.74 bits per heavy atom. The van der Waals surface area contributed by atoms with Gasteiger partial charge in [-0.3, -0.25) is 4.57 Å². The molecule has 27 heavy (non-hydrogen) atoms. The van der Waals surface area contributed by atoms with Crippen LogP contribution in [0.15, 0.2) is 52.2 Å². The molecule has 138 valence electrons. The third-order valence-corrected chi connectivity index (χ3v) is 4.98. The molecule has 0 saturated heterocycles. The number of nitrogens with zero attached hydrogens (tertiary/aromatic N) is 5. The molecular formula is C19H20N6OS. The first-order chi connectivity index (χ1) is 13.1. The maximum Gasteiger partial charge on any atom is 0.200 e. The molecule has 4 rings (SSSR count). The molecule has 8 heteroatoms. The molecule has 0 atom stereocenters. The van der Waals surface area contributed by atoms with Crippen LogP contribution in [0.3, 0.4) is 0 Å². The summed E-state index contributed by atoms with van der Waals surface area (Å²) in [5, 5.41) is 10.4. The van der Waals surface area contributed by atoms with Gasteiger partial charge in [0.2, 0.25) is 0 Å². The molecule has 0 fully saturated rings. The summed E-state index contributed by atoms with van der Waals surface area (Å²) in [7, 11) is 0. The minimum absolute atomic E-state index is 0.446. The molecule has 0 amide bonds. The van der Waals surface area contributed by atoms with Crippen LogP contribution in [0, 0.1) is 5.92 Å². The highest BCUT2D eigenvalue weighted by molar-refractivity contribution is 7.98. The van der Waals surface area contributed by atoms with Crippen molar-refractivity contribution in [2.24, 2.45) is 5.92 Å². The van der Waals surface area contributed by atoms with Gasteiger partial charge in [-0.15, -0.1) is 10.2 Å². The van der Waals surface area contributed by atoms with E-state index in [0.717, 1.165) is 28.4 Å². The van der Waals surface area contributed by atoms with Gasteiger partial charge in [-0.05, 0) is 30.2 Å². The zero-order chi connectivity index (χ0) is 18.8. The monoisotopic (exact) mass is 380 g/mol. The van der Waals surface area contributed by atoms with E-state index in [4.69, 9.17) is 10.2 Å². The number of hydrogen-bond donors (Lipinski definition) is 1. The average Bonchev–Trinajstić information content (AvgIpc) is 3.29. The fourth-order valence-electron chi connectivity index (χ4n) is 2.86. The van der Waals surface area contributed by atoms with Crippen LogP contribution in [-0.2, 0) is 12.3 Å². The second-order valence-corrected chi connectivity index (χ2v) is 7.56. The van der Waals surface area contributed by atoms with Gasteiger partial charge in [-0.25, -0.2) is 9.97 Å². The highest BCUT2D eigenvalue weighted by Crippen LogP contribution is 2.28. The summed E-state index contributed by atoms with van der Waals surface area (Å²) in [5.41, 5.74) is 6.93. The van der Waals surface area contributed by atoms with Gasteiger partial charge in [0, 0.05) is 11.9 Å². The normalized spacial score (nSPS) is 11.5. The van der Waals surface area contributed by atoms with E-state index >= 15 is 0 Å². The Morgan fingerprint density at radius 2 is 1.96 bits per heavy atom. The summed E-state index contributed by atoms with van der Waals surface area (Å²) in [5.74, 6) is 3.62. The first-order valence-corrected chi connectivity index (χ1v) is 9.71. The quantitative estimate of drug-likeness (QED) is 0.505. The molecule has 0 aliphatic heterocycles. The van der Waals surface area contributed by atoms with Crippen LogP contribution < -0.4 is 5.73 Å². The number of thioether (sulfide) groups is 1. The topological polar surface area (TPSA) is 95.7 Å². The molecule has 3 heterocycles. The van der Waals surface area contributed by atoms with Crippen molar-refractivity contribution in [1.82, 2.24) is 24.7 Å². The van der Waals surface area contributed by atoms with E-state index < -0.39 is 0 Å². The van der Waals surface area contributed by atoms with Crippen LogP contribution in [0.1, 0.15) is 19.7 Å². The van der Waals surface area contributed by atoms with E-state index in [9.17, 15) is 0 Å². The molecule has 4 aromatic rings. The lowest BCUT2D eigenvalue weighted by Crippen LogP contribution is -2.08. The first kappa shape index (κ1) is 17.5.